The third-order valence-corrected chi connectivity index (χ3v) is 3.30. The summed E-state index contributed by atoms with van der Waals surface area (Å²) >= 11 is 0. The molecule has 0 aliphatic carbocycles. The molecule has 4 nitrogen and oxygen atoms in total. The zero-order valence-corrected chi connectivity index (χ0v) is 12.1. The van der Waals surface area contributed by atoms with E-state index in [4.69, 9.17) is 4.74 Å². The van der Waals surface area contributed by atoms with E-state index in [9.17, 15) is 9.90 Å². The first-order valence-corrected chi connectivity index (χ1v) is 6.69. The molecule has 1 rings (SSSR count). The maximum atomic E-state index is 11.7. The highest BCUT2D eigenvalue weighted by atomic mass is 16.5. The van der Waals surface area contributed by atoms with Crippen molar-refractivity contribution < 1.29 is 14.6 Å². The topological polar surface area (TPSA) is 58.6 Å². The molecule has 0 aromatic heterocycles. The highest BCUT2D eigenvalue weighted by Crippen LogP contribution is 2.31. The quantitative estimate of drug-likeness (QED) is 0.796. The van der Waals surface area contributed by atoms with Crippen LogP contribution in [-0.2, 0) is 10.3 Å². The number of hydrogen-bond donors (Lipinski definition) is 2. The third-order valence-electron chi connectivity index (χ3n) is 3.30. The summed E-state index contributed by atoms with van der Waals surface area (Å²) in [5.74, 6) is -0.286. The Morgan fingerprint density at radius 1 is 1.42 bits per heavy atom. The summed E-state index contributed by atoms with van der Waals surface area (Å²) in [5, 5.41) is 12.8. The summed E-state index contributed by atoms with van der Waals surface area (Å²) in [6, 6.07) is 7.39. The summed E-state index contributed by atoms with van der Waals surface area (Å²) in [5.41, 5.74) is -0.495. The molecular formula is C15H23NO3. The molecule has 106 valence electrons. The molecule has 0 radical (unpaired) electrons. The Balaban J connectivity index is 3.22. The monoisotopic (exact) mass is 265 g/mol. The van der Waals surface area contributed by atoms with Gasteiger partial charge in [-0.2, -0.15) is 0 Å². The number of para-hydroxylation sites is 1. The maximum Gasteiger partial charge on any atom is 0.328 e. The number of hydrogen-bond acceptors (Lipinski definition) is 3. The smallest absolute Gasteiger partial charge is 0.328 e. The summed E-state index contributed by atoms with van der Waals surface area (Å²) in [7, 11) is 0. The molecule has 1 aromatic rings. The molecule has 0 saturated heterocycles. The third kappa shape index (κ3) is 3.47. The van der Waals surface area contributed by atoms with Gasteiger partial charge in [0, 0.05) is 11.6 Å². The maximum absolute atomic E-state index is 11.7. The van der Waals surface area contributed by atoms with Gasteiger partial charge in [0.05, 0.1) is 6.61 Å². The van der Waals surface area contributed by atoms with Crippen LogP contribution in [0.15, 0.2) is 24.3 Å². The first kappa shape index (κ1) is 15.5. The predicted octanol–water partition coefficient (Wildman–Crippen LogP) is 2.77. The first-order chi connectivity index (χ1) is 8.95. The van der Waals surface area contributed by atoms with Crippen molar-refractivity contribution in [2.75, 3.05) is 6.61 Å². The fraction of sp³-hybridized carbons (Fsp3) is 0.533. The summed E-state index contributed by atoms with van der Waals surface area (Å²) < 4.78 is 5.55. The van der Waals surface area contributed by atoms with Crippen molar-refractivity contribution in [3.63, 3.8) is 0 Å². The Bertz CT molecular complexity index is 433. The lowest BCUT2D eigenvalue weighted by molar-refractivity contribution is -0.145. The van der Waals surface area contributed by atoms with Crippen LogP contribution >= 0.6 is 0 Å². The van der Waals surface area contributed by atoms with Crippen molar-refractivity contribution in [3.8, 4) is 5.75 Å². The zero-order chi connectivity index (χ0) is 14.5. The second kappa shape index (κ2) is 6.57. The van der Waals surface area contributed by atoms with E-state index >= 15 is 0 Å². The van der Waals surface area contributed by atoms with Crippen molar-refractivity contribution in [1.82, 2.24) is 5.32 Å². The standard InChI is InChI=1S/C15H23NO3/c1-5-11(3)16-15(4,14(17)18)12-9-7-8-10-13(12)19-6-2/h7-11,16H,5-6H2,1-4H3,(H,17,18). The van der Waals surface area contributed by atoms with Crippen LogP contribution in [0.3, 0.4) is 0 Å². The van der Waals surface area contributed by atoms with Crippen LogP contribution in [0.25, 0.3) is 0 Å². The highest BCUT2D eigenvalue weighted by molar-refractivity contribution is 5.81. The molecule has 0 aliphatic heterocycles. The molecule has 0 spiro atoms. The van der Waals surface area contributed by atoms with E-state index in [0.29, 0.717) is 17.9 Å². The van der Waals surface area contributed by atoms with Crippen molar-refractivity contribution in [2.24, 2.45) is 0 Å². The molecule has 0 aliphatic rings. The van der Waals surface area contributed by atoms with E-state index in [1.807, 2.05) is 32.9 Å². The van der Waals surface area contributed by atoms with Crippen LogP contribution in [0, 0.1) is 0 Å². The van der Waals surface area contributed by atoms with Gasteiger partial charge in [-0.05, 0) is 33.3 Å². The van der Waals surface area contributed by atoms with Crippen LogP contribution < -0.4 is 10.1 Å². The minimum atomic E-state index is -1.15. The predicted molar refractivity (Wildman–Crippen MR) is 75.5 cm³/mol. The molecule has 2 atom stereocenters. The lowest BCUT2D eigenvalue weighted by Gasteiger charge is -2.31. The Labute approximate surface area is 114 Å². The second-order valence-corrected chi connectivity index (χ2v) is 4.81. The Hall–Kier alpha value is -1.55. The lowest BCUT2D eigenvalue weighted by atomic mass is 9.90. The first-order valence-electron chi connectivity index (χ1n) is 6.69. The number of aliphatic carboxylic acids is 1. The van der Waals surface area contributed by atoms with Gasteiger partial charge >= 0.3 is 5.97 Å². The van der Waals surface area contributed by atoms with Crippen molar-refractivity contribution in [3.05, 3.63) is 29.8 Å². The minimum Gasteiger partial charge on any atom is -0.494 e. The average Bonchev–Trinajstić information content (AvgIpc) is 2.39. The van der Waals surface area contributed by atoms with E-state index in [-0.39, 0.29) is 6.04 Å². The van der Waals surface area contributed by atoms with Gasteiger partial charge in [-0.15, -0.1) is 0 Å². The fourth-order valence-corrected chi connectivity index (χ4v) is 2.01. The summed E-state index contributed by atoms with van der Waals surface area (Å²) in [6.45, 7) is 8.07. The van der Waals surface area contributed by atoms with Crippen LogP contribution in [0.5, 0.6) is 5.75 Å². The van der Waals surface area contributed by atoms with E-state index in [2.05, 4.69) is 5.32 Å². The largest absolute Gasteiger partial charge is 0.494 e. The van der Waals surface area contributed by atoms with Crippen molar-refractivity contribution >= 4 is 5.97 Å². The summed E-state index contributed by atoms with van der Waals surface area (Å²) in [6.07, 6.45) is 0.861. The fourth-order valence-electron chi connectivity index (χ4n) is 2.01. The Kier molecular flexibility index (Phi) is 5.36. The average molecular weight is 265 g/mol. The van der Waals surface area contributed by atoms with E-state index in [0.717, 1.165) is 6.42 Å². The van der Waals surface area contributed by atoms with Gasteiger partial charge in [-0.3, -0.25) is 5.32 Å². The lowest BCUT2D eigenvalue weighted by Crippen LogP contribution is -2.50. The molecule has 0 amide bonds. The minimum absolute atomic E-state index is 0.107. The molecule has 0 saturated carbocycles. The number of carboxylic acid groups (broad SMARTS) is 1. The van der Waals surface area contributed by atoms with Gasteiger partial charge in [0.25, 0.3) is 0 Å². The zero-order valence-electron chi connectivity index (χ0n) is 12.1. The molecule has 1 aromatic carbocycles. The van der Waals surface area contributed by atoms with Crippen LogP contribution in [-0.4, -0.2) is 23.7 Å². The number of benzene rings is 1. The van der Waals surface area contributed by atoms with Gasteiger partial charge in [-0.1, -0.05) is 25.1 Å². The van der Waals surface area contributed by atoms with E-state index in [1.54, 1.807) is 19.1 Å². The van der Waals surface area contributed by atoms with Gasteiger partial charge in [-0.25, -0.2) is 4.79 Å². The van der Waals surface area contributed by atoms with Gasteiger partial charge in [0.15, 0.2) is 0 Å². The number of nitrogens with one attached hydrogen (secondary N) is 1. The molecule has 0 bridgehead atoms. The molecular weight excluding hydrogens is 242 g/mol. The van der Waals surface area contributed by atoms with Gasteiger partial charge in [0.1, 0.15) is 11.3 Å². The SMILES string of the molecule is CCOc1ccccc1C(C)(NC(C)CC)C(=O)O. The molecule has 4 heteroatoms. The van der Waals surface area contributed by atoms with Crippen LogP contribution in [0.4, 0.5) is 0 Å². The molecule has 19 heavy (non-hydrogen) atoms. The van der Waals surface area contributed by atoms with Gasteiger partial charge in [0.2, 0.25) is 0 Å². The molecule has 0 heterocycles. The number of ether oxygens (including phenoxy) is 1. The number of carbonyl (C=O) groups is 1. The second-order valence-electron chi connectivity index (χ2n) is 4.81. The molecule has 2 N–H and O–H groups in total. The Morgan fingerprint density at radius 3 is 2.58 bits per heavy atom. The molecule has 0 fully saturated rings. The summed E-state index contributed by atoms with van der Waals surface area (Å²) in [4.78, 5) is 11.7. The van der Waals surface area contributed by atoms with Crippen molar-refractivity contribution in [1.29, 1.82) is 0 Å². The van der Waals surface area contributed by atoms with E-state index in [1.165, 1.54) is 0 Å². The Morgan fingerprint density at radius 2 is 2.05 bits per heavy atom. The highest BCUT2D eigenvalue weighted by Gasteiger charge is 2.38. The molecule has 2 unspecified atom stereocenters. The number of carboxylic acids is 1. The van der Waals surface area contributed by atoms with Gasteiger partial charge < -0.3 is 9.84 Å². The van der Waals surface area contributed by atoms with E-state index < -0.39 is 11.5 Å². The van der Waals surface area contributed by atoms with Crippen LogP contribution in [0.1, 0.15) is 39.7 Å². The normalized spacial score (nSPS) is 15.6. The van der Waals surface area contributed by atoms with Crippen LogP contribution in [0.2, 0.25) is 0 Å². The van der Waals surface area contributed by atoms with Crippen molar-refractivity contribution in [2.45, 2.75) is 45.7 Å². The number of rotatable bonds is 7.